The minimum absolute atomic E-state index is 0.123. The first-order chi connectivity index (χ1) is 10.4. The molecule has 0 unspecified atom stereocenters. The van der Waals surface area contributed by atoms with Crippen molar-refractivity contribution in [2.75, 3.05) is 0 Å². The summed E-state index contributed by atoms with van der Waals surface area (Å²) >= 11 is 0. The standard InChI is InChI=1S/C20H26O2/c1-12-4-13(2)6-16(5-12)19(21)22-20(3)17-8-14-7-15(10-17)11-18(20)9-14/h4-6,14-15,17-18H,7-11H2,1-3H3. The van der Waals surface area contributed by atoms with Gasteiger partial charge >= 0.3 is 5.97 Å². The molecule has 0 saturated heterocycles. The lowest BCUT2D eigenvalue weighted by molar-refractivity contribution is -0.165. The van der Waals surface area contributed by atoms with E-state index in [1.54, 1.807) is 0 Å². The van der Waals surface area contributed by atoms with Crippen molar-refractivity contribution in [1.29, 1.82) is 0 Å². The zero-order valence-corrected chi connectivity index (χ0v) is 13.9. The molecule has 2 heteroatoms. The molecule has 118 valence electrons. The zero-order valence-electron chi connectivity index (χ0n) is 13.9. The number of benzene rings is 1. The number of aryl methyl sites for hydroxylation is 2. The smallest absolute Gasteiger partial charge is 0.338 e. The predicted octanol–water partition coefficient (Wildman–Crippen LogP) is 4.68. The van der Waals surface area contributed by atoms with E-state index in [1.165, 1.54) is 32.1 Å². The van der Waals surface area contributed by atoms with Gasteiger partial charge < -0.3 is 4.74 Å². The van der Waals surface area contributed by atoms with E-state index in [2.05, 4.69) is 13.0 Å². The van der Waals surface area contributed by atoms with Gasteiger partial charge in [0.1, 0.15) is 5.60 Å². The van der Waals surface area contributed by atoms with Crippen LogP contribution in [0.5, 0.6) is 0 Å². The molecule has 0 atom stereocenters. The summed E-state index contributed by atoms with van der Waals surface area (Å²) in [4.78, 5) is 12.7. The second-order valence-electron chi connectivity index (χ2n) is 8.25. The van der Waals surface area contributed by atoms with Gasteiger partial charge in [0.2, 0.25) is 0 Å². The van der Waals surface area contributed by atoms with Crippen LogP contribution in [0.25, 0.3) is 0 Å². The summed E-state index contributed by atoms with van der Waals surface area (Å²) in [6, 6.07) is 6.00. The van der Waals surface area contributed by atoms with Crippen LogP contribution in [-0.4, -0.2) is 11.6 Å². The number of hydrogen-bond acceptors (Lipinski definition) is 2. The van der Waals surface area contributed by atoms with Gasteiger partial charge in [0.25, 0.3) is 0 Å². The van der Waals surface area contributed by atoms with Gasteiger partial charge in [-0.3, -0.25) is 0 Å². The molecule has 1 aromatic carbocycles. The molecule has 1 aromatic rings. The van der Waals surface area contributed by atoms with Gasteiger partial charge in [-0.2, -0.15) is 0 Å². The van der Waals surface area contributed by atoms with Gasteiger partial charge in [0, 0.05) is 0 Å². The Bertz CT molecular complexity index is 568. The molecule has 0 N–H and O–H groups in total. The van der Waals surface area contributed by atoms with Gasteiger partial charge in [-0.15, -0.1) is 0 Å². The van der Waals surface area contributed by atoms with E-state index in [4.69, 9.17) is 4.74 Å². The lowest BCUT2D eigenvalue weighted by Gasteiger charge is -2.59. The second-order valence-corrected chi connectivity index (χ2v) is 8.25. The van der Waals surface area contributed by atoms with Gasteiger partial charge in [-0.25, -0.2) is 4.79 Å². The third-order valence-corrected chi connectivity index (χ3v) is 6.53. The highest BCUT2D eigenvalue weighted by molar-refractivity contribution is 5.90. The SMILES string of the molecule is Cc1cc(C)cc(C(=O)OC2(C)C3CC4CC(C3)CC2C4)c1. The van der Waals surface area contributed by atoms with Crippen LogP contribution in [0.3, 0.4) is 0 Å². The number of rotatable bonds is 2. The normalized spacial score (nSPS) is 39.0. The Hall–Kier alpha value is -1.31. The highest BCUT2D eigenvalue weighted by Gasteiger charge is 2.57. The van der Waals surface area contributed by atoms with E-state index in [1.807, 2.05) is 26.0 Å². The van der Waals surface area contributed by atoms with Crippen LogP contribution in [0.2, 0.25) is 0 Å². The average molecular weight is 298 g/mol. The van der Waals surface area contributed by atoms with E-state index in [0.29, 0.717) is 17.4 Å². The van der Waals surface area contributed by atoms with E-state index < -0.39 is 0 Å². The van der Waals surface area contributed by atoms with E-state index in [9.17, 15) is 4.79 Å². The fourth-order valence-electron chi connectivity index (χ4n) is 5.64. The van der Waals surface area contributed by atoms with Crippen molar-refractivity contribution in [2.24, 2.45) is 23.7 Å². The lowest BCUT2D eigenvalue weighted by Crippen LogP contribution is -2.58. The van der Waals surface area contributed by atoms with Crippen molar-refractivity contribution in [3.63, 3.8) is 0 Å². The molecule has 0 radical (unpaired) electrons. The first-order valence-corrected chi connectivity index (χ1v) is 8.75. The van der Waals surface area contributed by atoms with Crippen molar-refractivity contribution in [2.45, 2.75) is 58.5 Å². The summed E-state index contributed by atoms with van der Waals surface area (Å²) in [6.07, 6.45) is 6.49. The molecular weight excluding hydrogens is 272 g/mol. The topological polar surface area (TPSA) is 26.3 Å². The molecule has 4 bridgehead atoms. The molecule has 4 fully saturated rings. The van der Waals surface area contributed by atoms with Gasteiger partial charge in [0.05, 0.1) is 5.56 Å². The molecule has 0 heterocycles. The molecule has 0 amide bonds. The van der Waals surface area contributed by atoms with Crippen molar-refractivity contribution in [3.05, 3.63) is 34.9 Å². The maximum absolute atomic E-state index is 12.7. The Balaban J connectivity index is 1.58. The van der Waals surface area contributed by atoms with E-state index in [0.717, 1.165) is 23.0 Å². The molecule has 4 aliphatic carbocycles. The highest BCUT2D eigenvalue weighted by Crippen LogP contribution is 2.59. The van der Waals surface area contributed by atoms with Gasteiger partial charge in [-0.1, -0.05) is 17.2 Å². The fraction of sp³-hybridized carbons (Fsp3) is 0.650. The third-order valence-electron chi connectivity index (χ3n) is 6.53. The third kappa shape index (κ3) is 2.19. The van der Waals surface area contributed by atoms with E-state index >= 15 is 0 Å². The Morgan fingerprint density at radius 1 is 0.955 bits per heavy atom. The van der Waals surface area contributed by atoms with Crippen LogP contribution in [-0.2, 0) is 4.74 Å². The largest absolute Gasteiger partial charge is 0.455 e. The Labute approximate surface area is 133 Å². The number of esters is 1. The molecule has 22 heavy (non-hydrogen) atoms. The minimum Gasteiger partial charge on any atom is -0.455 e. The number of carbonyl (C=O) groups is 1. The molecule has 0 aliphatic heterocycles. The molecule has 5 rings (SSSR count). The predicted molar refractivity (Wildman–Crippen MR) is 86.8 cm³/mol. The van der Waals surface area contributed by atoms with Crippen molar-refractivity contribution in [1.82, 2.24) is 0 Å². The average Bonchev–Trinajstić information content (AvgIpc) is 2.43. The summed E-state index contributed by atoms with van der Waals surface area (Å²) in [5, 5.41) is 0. The number of hydrogen-bond donors (Lipinski definition) is 0. The van der Waals surface area contributed by atoms with Gasteiger partial charge in [0.15, 0.2) is 0 Å². The van der Waals surface area contributed by atoms with Crippen LogP contribution in [0.15, 0.2) is 18.2 Å². The fourth-order valence-corrected chi connectivity index (χ4v) is 5.64. The summed E-state index contributed by atoms with van der Waals surface area (Å²) in [6.45, 7) is 6.28. The molecule has 0 aromatic heterocycles. The zero-order chi connectivity index (χ0) is 15.5. The quantitative estimate of drug-likeness (QED) is 0.741. The Kier molecular flexibility index (Phi) is 3.15. The first kappa shape index (κ1) is 14.3. The summed E-state index contributed by atoms with van der Waals surface area (Å²) in [7, 11) is 0. The second kappa shape index (κ2) is 4.84. The molecule has 4 aliphatic rings. The number of ether oxygens (including phenoxy) is 1. The van der Waals surface area contributed by atoms with Crippen molar-refractivity contribution < 1.29 is 9.53 Å². The molecule has 0 spiro atoms. The van der Waals surface area contributed by atoms with Crippen molar-refractivity contribution >= 4 is 5.97 Å². The van der Waals surface area contributed by atoms with Crippen LogP contribution in [0, 0.1) is 37.5 Å². The lowest BCUT2D eigenvalue weighted by atomic mass is 9.50. The highest BCUT2D eigenvalue weighted by atomic mass is 16.6. The maximum Gasteiger partial charge on any atom is 0.338 e. The molecule has 2 nitrogen and oxygen atoms in total. The van der Waals surface area contributed by atoms with Gasteiger partial charge in [-0.05, 0) is 88.7 Å². The summed E-state index contributed by atoms with van der Waals surface area (Å²) < 4.78 is 6.17. The van der Waals surface area contributed by atoms with Crippen molar-refractivity contribution in [3.8, 4) is 0 Å². The monoisotopic (exact) mass is 298 g/mol. The molecular formula is C20H26O2. The summed E-state index contributed by atoms with van der Waals surface area (Å²) in [5.41, 5.74) is 2.74. The Morgan fingerprint density at radius 2 is 1.45 bits per heavy atom. The minimum atomic E-state index is -0.234. The van der Waals surface area contributed by atoms with E-state index in [-0.39, 0.29) is 11.6 Å². The Morgan fingerprint density at radius 3 is 1.95 bits per heavy atom. The van der Waals surface area contributed by atoms with Crippen LogP contribution in [0.1, 0.15) is 60.5 Å². The number of carbonyl (C=O) groups excluding carboxylic acids is 1. The molecule has 4 saturated carbocycles. The van der Waals surface area contributed by atoms with Crippen LogP contribution < -0.4 is 0 Å². The first-order valence-electron chi connectivity index (χ1n) is 8.75. The van der Waals surface area contributed by atoms with Crippen LogP contribution >= 0.6 is 0 Å². The summed E-state index contributed by atoms with van der Waals surface area (Å²) in [5.74, 6) is 2.84. The maximum atomic E-state index is 12.7. The van der Waals surface area contributed by atoms with Crippen LogP contribution in [0.4, 0.5) is 0 Å².